The number of amides is 1. The van der Waals surface area contributed by atoms with Crippen LogP contribution in [0, 0.1) is 19.7 Å². The number of halogens is 1. The number of hydrogen-bond donors (Lipinski definition) is 0. The molecule has 7 nitrogen and oxygen atoms in total. The summed E-state index contributed by atoms with van der Waals surface area (Å²) in [5.74, 6) is -0.803. The van der Waals surface area contributed by atoms with Crippen LogP contribution in [0.4, 0.5) is 4.39 Å². The summed E-state index contributed by atoms with van der Waals surface area (Å²) < 4.78 is 57.4. The van der Waals surface area contributed by atoms with Crippen molar-refractivity contribution in [2.75, 3.05) is 27.3 Å². The highest BCUT2D eigenvalue weighted by Crippen LogP contribution is 2.29. The summed E-state index contributed by atoms with van der Waals surface area (Å²) in [6, 6.07) is 15.9. The molecule has 0 aromatic heterocycles. The van der Waals surface area contributed by atoms with Crippen LogP contribution < -0.4 is 9.47 Å². The molecule has 1 aliphatic heterocycles. The molecule has 196 valence electrons. The van der Waals surface area contributed by atoms with Gasteiger partial charge in [-0.05, 0) is 55.3 Å². The van der Waals surface area contributed by atoms with Gasteiger partial charge in [0.05, 0.1) is 26.0 Å². The summed E-state index contributed by atoms with van der Waals surface area (Å²) in [4.78, 5) is 14.9. The van der Waals surface area contributed by atoms with Crippen LogP contribution in [-0.4, -0.2) is 58.7 Å². The predicted molar refractivity (Wildman–Crippen MR) is 137 cm³/mol. The Kier molecular flexibility index (Phi) is 7.85. The summed E-state index contributed by atoms with van der Waals surface area (Å²) in [5, 5.41) is 0. The molecule has 3 aromatic carbocycles. The van der Waals surface area contributed by atoms with E-state index in [0.717, 1.165) is 11.1 Å². The topological polar surface area (TPSA) is 82.1 Å². The number of benzene rings is 3. The first kappa shape index (κ1) is 26.6. The first-order chi connectivity index (χ1) is 17.6. The first-order valence-electron chi connectivity index (χ1n) is 11.8. The lowest BCUT2D eigenvalue weighted by Crippen LogP contribution is -2.32. The first-order valence-corrected chi connectivity index (χ1v) is 13.5. The van der Waals surface area contributed by atoms with Gasteiger partial charge in [-0.3, -0.25) is 4.79 Å². The lowest BCUT2D eigenvalue weighted by atomic mass is 10.0. The zero-order chi connectivity index (χ0) is 26.7. The molecule has 1 saturated heterocycles. The molecule has 0 spiro atoms. The Morgan fingerprint density at radius 3 is 2.46 bits per heavy atom. The van der Waals surface area contributed by atoms with Gasteiger partial charge in [-0.25, -0.2) is 12.8 Å². The fourth-order valence-corrected chi connectivity index (χ4v) is 6.01. The molecular formula is C28H30FNO6S. The van der Waals surface area contributed by atoms with Crippen LogP contribution >= 0.6 is 0 Å². The summed E-state index contributed by atoms with van der Waals surface area (Å²) in [5.41, 5.74) is 2.71. The van der Waals surface area contributed by atoms with Crippen molar-refractivity contribution >= 4 is 15.7 Å². The zero-order valence-corrected chi connectivity index (χ0v) is 22.0. The van der Waals surface area contributed by atoms with Gasteiger partial charge in [-0.2, -0.15) is 0 Å². The molecule has 9 heteroatoms. The van der Waals surface area contributed by atoms with Gasteiger partial charge in [0.1, 0.15) is 34.4 Å². The number of para-hydroxylation sites is 1. The van der Waals surface area contributed by atoms with Crippen molar-refractivity contribution in [2.24, 2.45) is 0 Å². The maximum Gasteiger partial charge on any atom is 0.254 e. The van der Waals surface area contributed by atoms with Gasteiger partial charge in [0, 0.05) is 18.7 Å². The fourth-order valence-electron chi connectivity index (χ4n) is 4.51. The van der Waals surface area contributed by atoms with E-state index in [4.69, 9.17) is 14.2 Å². The third-order valence-electron chi connectivity index (χ3n) is 6.41. The van der Waals surface area contributed by atoms with Gasteiger partial charge in [0.25, 0.3) is 5.91 Å². The van der Waals surface area contributed by atoms with E-state index >= 15 is 0 Å². The number of carbonyl (C=O) groups is 1. The lowest BCUT2D eigenvalue weighted by Gasteiger charge is -2.19. The Morgan fingerprint density at radius 2 is 1.73 bits per heavy atom. The minimum absolute atomic E-state index is 0.0278. The Balaban J connectivity index is 1.53. The van der Waals surface area contributed by atoms with Crippen molar-refractivity contribution in [2.45, 2.75) is 36.7 Å². The van der Waals surface area contributed by atoms with E-state index in [2.05, 4.69) is 0 Å². The average molecular weight is 528 g/mol. The number of methoxy groups -OCH3 is 2. The van der Waals surface area contributed by atoms with Crippen LogP contribution in [0.25, 0.3) is 0 Å². The molecule has 1 heterocycles. The van der Waals surface area contributed by atoms with E-state index < -0.39 is 33.6 Å². The van der Waals surface area contributed by atoms with Crippen LogP contribution in [0.3, 0.4) is 0 Å². The number of hydrogen-bond acceptors (Lipinski definition) is 6. The second-order valence-corrected chi connectivity index (χ2v) is 11.1. The predicted octanol–water partition coefficient (Wildman–Crippen LogP) is 4.34. The van der Waals surface area contributed by atoms with Gasteiger partial charge in [-0.15, -0.1) is 0 Å². The van der Waals surface area contributed by atoms with Crippen molar-refractivity contribution in [3.63, 3.8) is 0 Å². The van der Waals surface area contributed by atoms with Crippen LogP contribution in [-0.2, 0) is 20.3 Å². The molecule has 2 unspecified atom stereocenters. The van der Waals surface area contributed by atoms with Crippen molar-refractivity contribution in [1.82, 2.24) is 4.90 Å². The molecule has 0 aliphatic carbocycles. The van der Waals surface area contributed by atoms with Crippen molar-refractivity contribution < 1.29 is 31.8 Å². The third kappa shape index (κ3) is 5.94. The van der Waals surface area contributed by atoms with E-state index in [1.165, 1.54) is 38.5 Å². The molecular weight excluding hydrogens is 497 g/mol. The maximum absolute atomic E-state index is 14.5. The number of ether oxygens (including phenoxy) is 3. The number of aryl methyl sites for hydroxylation is 2. The quantitative estimate of drug-likeness (QED) is 0.434. The van der Waals surface area contributed by atoms with Crippen LogP contribution in [0.2, 0.25) is 0 Å². The van der Waals surface area contributed by atoms with Crippen molar-refractivity contribution in [1.29, 1.82) is 0 Å². The van der Waals surface area contributed by atoms with Crippen LogP contribution in [0.15, 0.2) is 65.6 Å². The fraction of sp³-hybridized carbons (Fsp3) is 0.321. The van der Waals surface area contributed by atoms with Crippen molar-refractivity contribution in [3.8, 4) is 11.5 Å². The Morgan fingerprint density at radius 1 is 1.00 bits per heavy atom. The molecule has 1 fully saturated rings. The monoisotopic (exact) mass is 527 g/mol. The summed E-state index contributed by atoms with van der Waals surface area (Å²) >= 11 is 0. The molecule has 0 radical (unpaired) electrons. The molecule has 2 atom stereocenters. The molecule has 0 saturated carbocycles. The SMILES string of the molecule is COc1ccccc1S(=O)(=O)Cc1cc(F)cc(OC2CN(C(=O)c3cc(C)ccc3C)CC2OC)c1. The van der Waals surface area contributed by atoms with Crippen LogP contribution in [0.1, 0.15) is 27.0 Å². The second kappa shape index (κ2) is 10.9. The summed E-state index contributed by atoms with van der Waals surface area (Å²) in [7, 11) is -0.890. The smallest absolute Gasteiger partial charge is 0.254 e. The van der Waals surface area contributed by atoms with E-state index in [9.17, 15) is 17.6 Å². The molecule has 0 N–H and O–H groups in total. The largest absolute Gasteiger partial charge is 0.495 e. The average Bonchev–Trinajstić information content (AvgIpc) is 3.27. The molecule has 1 amide bonds. The highest BCUT2D eigenvalue weighted by Gasteiger charge is 2.38. The molecule has 1 aliphatic rings. The minimum atomic E-state index is -3.82. The van der Waals surface area contributed by atoms with Crippen LogP contribution in [0.5, 0.6) is 11.5 Å². The number of likely N-dealkylation sites (tertiary alicyclic amines) is 1. The Hall–Kier alpha value is -3.43. The Bertz CT molecular complexity index is 1410. The summed E-state index contributed by atoms with van der Waals surface area (Å²) in [6.45, 7) is 4.38. The normalized spacial score (nSPS) is 17.6. The maximum atomic E-state index is 14.5. The zero-order valence-electron chi connectivity index (χ0n) is 21.2. The number of carbonyl (C=O) groups excluding carboxylic acids is 1. The van der Waals surface area contributed by atoms with Crippen molar-refractivity contribution in [3.05, 3.63) is 88.7 Å². The molecule has 37 heavy (non-hydrogen) atoms. The molecule has 0 bridgehead atoms. The molecule has 4 rings (SSSR count). The summed E-state index contributed by atoms with van der Waals surface area (Å²) in [6.07, 6.45) is -0.988. The van der Waals surface area contributed by atoms with Gasteiger partial charge in [0.2, 0.25) is 0 Å². The highest BCUT2D eigenvalue weighted by atomic mass is 32.2. The number of nitrogens with zero attached hydrogens (tertiary/aromatic N) is 1. The number of sulfone groups is 1. The Labute approximate surface area is 216 Å². The van der Waals surface area contributed by atoms with E-state index in [1.54, 1.807) is 23.1 Å². The van der Waals surface area contributed by atoms with E-state index in [1.807, 2.05) is 32.0 Å². The van der Waals surface area contributed by atoms with Gasteiger partial charge >= 0.3 is 0 Å². The second-order valence-electron chi connectivity index (χ2n) is 9.16. The standard InChI is InChI=1S/C28H30FNO6S/c1-18-9-10-19(2)23(11-18)28(31)30-15-25(35-4)26(16-30)36-22-13-20(12-21(29)14-22)17-37(32,33)27-8-6-5-7-24(27)34-3/h5-14,25-26H,15-17H2,1-4H3. The van der Waals surface area contributed by atoms with E-state index in [0.29, 0.717) is 12.1 Å². The highest BCUT2D eigenvalue weighted by molar-refractivity contribution is 7.90. The van der Waals surface area contributed by atoms with E-state index in [-0.39, 0.29) is 34.4 Å². The van der Waals surface area contributed by atoms with Gasteiger partial charge in [0.15, 0.2) is 9.84 Å². The number of rotatable bonds is 8. The molecule has 3 aromatic rings. The lowest BCUT2D eigenvalue weighted by molar-refractivity contribution is 0.0338. The van der Waals surface area contributed by atoms with Gasteiger partial charge in [-0.1, -0.05) is 29.8 Å². The van der Waals surface area contributed by atoms with Gasteiger partial charge < -0.3 is 19.1 Å². The third-order valence-corrected chi connectivity index (χ3v) is 8.13. The minimum Gasteiger partial charge on any atom is -0.495 e.